The second-order valence-corrected chi connectivity index (χ2v) is 5.36. The van der Waals surface area contributed by atoms with Crippen LogP contribution >= 0.6 is 0 Å². The minimum absolute atomic E-state index is 0.216. The monoisotopic (exact) mass is 273 g/mol. The van der Waals surface area contributed by atoms with Crippen LogP contribution < -0.4 is 5.32 Å². The standard InChI is InChI=1S/C16H19NO3/c1-10-7-11(2)9-12(8-10)17-15(18)13-5-3-4-6-14(13)16(19)20/h3-4,7-9,13-14H,5-6H2,1-2H3,(H,17,18)(H,19,20)/t13-,14-/m0/s1. The molecular weight excluding hydrogens is 254 g/mol. The van der Waals surface area contributed by atoms with E-state index in [1.54, 1.807) is 0 Å². The lowest BCUT2D eigenvalue weighted by Crippen LogP contribution is -2.34. The van der Waals surface area contributed by atoms with Crippen LogP contribution in [0.4, 0.5) is 5.69 Å². The van der Waals surface area contributed by atoms with Crippen molar-refractivity contribution in [2.24, 2.45) is 11.8 Å². The maximum absolute atomic E-state index is 12.3. The van der Waals surface area contributed by atoms with E-state index in [-0.39, 0.29) is 5.91 Å². The van der Waals surface area contributed by atoms with E-state index < -0.39 is 17.8 Å². The number of nitrogens with one attached hydrogen (secondary N) is 1. The smallest absolute Gasteiger partial charge is 0.307 e. The number of carbonyl (C=O) groups is 2. The molecule has 4 heteroatoms. The van der Waals surface area contributed by atoms with Crippen LogP contribution in [0, 0.1) is 25.7 Å². The number of rotatable bonds is 3. The molecule has 4 nitrogen and oxygen atoms in total. The van der Waals surface area contributed by atoms with Gasteiger partial charge in [0.15, 0.2) is 0 Å². The fourth-order valence-corrected chi connectivity index (χ4v) is 2.66. The molecule has 0 radical (unpaired) electrons. The van der Waals surface area contributed by atoms with Gasteiger partial charge in [-0.05, 0) is 49.9 Å². The fraction of sp³-hybridized carbons (Fsp3) is 0.375. The first-order valence-corrected chi connectivity index (χ1v) is 6.74. The van der Waals surface area contributed by atoms with Gasteiger partial charge in [0.2, 0.25) is 5.91 Å². The molecule has 0 saturated carbocycles. The minimum atomic E-state index is -0.907. The summed E-state index contributed by atoms with van der Waals surface area (Å²) in [6, 6.07) is 5.80. The van der Waals surface area contributed by atoms with Gasteiger partial charge in [-0.25, -0.2) is 0 Å². The summed E-state index contributed by atoms with van der Waals surface area (Å²) in [7, 11) is 0. The zero-order valence-corrected chi connectivity index (χ0v) is 11.7. The zero-order valence-electron chi connectivity index (χ0n) is 11.7. The number of allylic oxidation sites excluding steroid dienone is 2. The minimum Gasteiger partial charge on any atom is -0.481 e. The molecule has 1 aromatic rings. The number of carboxylic acids is 1. The van der Waals surface area contributed by atoms with Gasteiger partial charge in [-0.3, -0.25) is 9.59 Å². The molecule has 106 valence electrons. The molecule has 1 aliphatic rings. The normalized spacial score (nSPS) is 21.5. The Bertz CT molecular complexity index is 543. The highest BCUT2D eigenvalue weighted by atomic mass is 16.4. The Balaban J connectivity index is 2.14. The van der Waals surface area contributed by atoms with E-state index in [0.717, 1.165) is 16.8 Å². The van der Waals surface area contributed by atoms with Gasteiger partial charge in [0.05, 0.1) is 11.8 Å². The van der Waals surface area contributed by atoms with Gasteiger partial charge >= 0.3 is 5.97 Å². The average molecular weight is 273 g/mol. The molecule has 0 aliphatic heterocycles. The van der Waals surface area contributed by atoms with Crippen molar-refractivity contribution in [3.8, 4) is 0 Å². The predicted octanol–water partition coefficient (Wildman–Crippen LogP) is 2.91. The predicted molar refractivity (Wildman–Crippen MR) is 77.5 cm³/mol. The first-order chi connectivity index (χ1) is 9.47. The van der Waals surface area contributed by atoms with Crippen molar-refractivity contribution >= 4 is 17.6 Å². The van der Waals surface area contributed by atoms with Gasteiger partial charge in [-0.2, -0.15) is 0 Å². The summed E-state index contributed by atoms with van der Waals surface area (Å²) in [6.07, 6.45) is 4.61. The number of aryl methyl sites for hydroxylation is 2. The van der Waals surface area contributed by atoms with Crippen molar-refractivity contribution in [3.63, 3.8) is 0 Å². The Hall–Kier alpha value is -2.10. The number of hydrogen-bond acceptors (Lipinski definition) is 2. The molecule has 2 atom stereocenters. The number of amides is 1. The summed E-state index contributed by atoms with van der Waals surface area (Å²) < 4.78 is 0. The van der Waals surface area contributed by atoms with Crippen molar-refractivity contribution < 1.29 is 14.7 Å². The fourth-order valence-electron chi connectivity index (χ4n) is 2.66. The molecule has 20 heavy (non-hydrogen) atoms. The van der Waals surface area contributed by atoms with Gasteiger partial charge in [-0.1, -0.05) is 18.2 Å². The van der Waals surface area contributed by atoms with Crippen LogP contribution in [0.5, 0.6) is 0 Å². The van der Waals surface area contributed by atoms with Crippen molar-refractivity contribution in [3.05, 3.63) is 41.5 Å². The molecule has 0 spiro atoms. The van der Waals surface area contributed by atoms with E-state index >= 15 is 0 Å². The van der Waals surface area contributed by atoms with Gasteiger partial charge in [-0.15, -0.1) is 0 Å². The van der Waals surface area contributed by atoms with E-state index in [0.29, 0.717) is 12.8 Å². The Labute approximate surface area is 118 Å². The third kappa shape index (κ3) is 3.26. The Kier molecular flexibility index (Phi) is 4.23. The number of hydrogen-bond donors (Lipinski definition) is 2. The second-order valence-electron chi connectivity index (χ2n) is 5.36. The van der Waals surface area contributed by atoms with Crippen LogP contribution in [0.3, 0.4) is 0 Å². The summed E-state index contributed by atoms with van der Waals surface area (Å²) >= 11 is 0. The van der Waals surface area contributed by atoms with Crippen molar-refractivity contribution in [2.45, 2.75) is 26.7 Å². The summed E-state index contributed by atoms with van der Waals surface area (Å²) in [5, 5.41) is 12.0. The SMILES string of the molecule is Cc1cc(C)cc(NC(=O)[C@H]2CC=CC[C@@H]2C(=O)O)c1. The number of anilines is 1. The van der Waals surface area contributed by atoms with Crippen molar-refractivity contribution in [2.75, 3.05) is 5.32 Å². The second kappa shape index (κ2) is 5.90. The van der Waals surface area contributed by atoms with Crippen LogP contribution in [0.2, 0.25) is 0 Å². The molecule has 0 heterocycles. The highest BCUT2D eigenvalue weighted by molar-refractivity contribution is 5.95. The number of carboxylic acid groups (broad SMARTS) is 1. The molecule has 2 rings (SSSR count). The number of carbonyl (C=O) groups excluding carboxylic acids is 1. The first kappa shape index (κ1) is 14.3. The maximum atomic E-state index is 12.3. The third-order valence-electron chi connectivity index (χ3n) is 3.58. The van der Waals surface area contributed by atoms with Crippen LogP contribution in [0.25, 0.3) is 0 Å². The molecule has 0 unspecified atom stereocenters. The van der Waals surface area contributed by atoms with Crippen LogP contribution in [0.15, 0.2) is 30.4 Å². The topological polar surface area (TPSA) is 66.4 Å². The molecule has 1 aromatic carbocycles. The third-order valence-corrected chi connectivity index (χ3v) is 3.58. The molecule has 1 aliphatic carbocycles. The number of benzene rings is 1. The van der Waals surface area contributed by atoms with E-state index in [2.05, 4.69) is 5.32 Å². The molecule has 0 bridgehead atoms. The lowest BCUT2D eigenvalue weighted by atomic mass is 9.82. The van der Waals surface area contributed by atoms with Gasteiger partial charge in [0.1, 0.15) is 0 Å². The van der Waals surface area contributed by atoms with E-state index in [4.69, 9.17) is 0 Å². The van der Waals surface area contributed by atoms with Gasteiger partial charge in [0.25, 0.3) is 0 Å². The van der Waals surface area contributed by atoms with Crippen LogP contribution in [0.1, 0.15) is 24.0 Å². The molecule has 0 saturated heterocycles. The van der Waals surface area contributed by atoms with Crippen molar-refractivity contribution in [1.82, 2.24) is 0 Å². The number of aliphatic carboxylic acids is 1. The first-order valence-electron chi connectivity index (χ1n) is 6.74. The van der Waals surface area contributed by atoms with E-state index in [1.165, 1.54) is 0 Å². The van der Waals surface area contributed by atoms with E-state index in [1.807, 2.05) is 44.2 Å². The lowest BCUT2D eigenvalue weighted by Gasteiger charge is -2.24. The van der Waals surface area contributed by atoms with Gasteiger partial charge in [0, 0.05) is 5.69 Å². The summed E-state index contributed by atoms with van der Waals surface area (Å²) in [6.45, 7) is 3.93. The molecule has 0 aromatic heterocycles. The van der Waals surface area contributed by atoms with E-state index in [9.17, 15) is 14.7 Å². The van der Waals surface area contributed by atoms with Crippen LogP contribution in [-0.4, -0.2) is 17.0 Å². The average Bonchev–Trinajstić information content (AvgIpc) is 2.37. The Morgan fingerprint density at radius 1 is 1.05 bits per heavy atom. The molecule has 1 amide bonds. The molecule has 2 N–H and O–H groups in total. The summed E-state index contributed by atoms with van der Waals surface area (Å²) in [4.78, 5) is 23.5. The summed E-state index contributed by atoms with van der Waals surface area (Å²) in [5.41, 5.74) is 2.86. The maximum Gasteiger partial charge on any atom is 0.307 e. The quantitative estimate of drug-likeness (QED) is 0.832. The zero-order chi connectivity index (χ0) is 14.7. The molecular formula is C16H19NO3. The highest BCUT2D eigenvalue weighted by Gasteiger charge is 2.33. The summed E-state index contributed by atoms with van der Waals surface area (Å²) in [5.74, 6) is -2.26. The van der Waals surface area contributed by atoms with Crippen LogP contribution in [-0.2, 0) is 9.59 Å². The van der Waals surface area contributed by atoms with Gasteiger partial charge < -0.3 is 10.4 Å². The Morgan fingerprint density at radius 2 is 1.60 bits per heavy atom. The highest BCUT2D eigenvalue weighted by Crippen LogP contribution is 2.27. The van der Waals surface area contributed by atoms with Crippen molar-refractivity contribution in [1.29, 1.82) is 0 Å². The molecule has 0 fully saturated rings. The lowest BCUT2D eigenvalue weighted by molar-refractivity contribution is -0.146. The Morgan fingerprint density at radius 3 is 2.15 bits per heavy atom. The largest absolute Gasteiger partial charge is 0.481 e.